The molecule has 13 heteroatoms. The van der Waals surface area contributed by atoms with Gasteiger partial charge in [-0.2, -0.15) is 0 Å². The first-order valence-electron chi connectivity index (χ1n) is 9.56. The molecule has 0 aliphatic heterocycles. The number of phenolic OH excluding ortho intramolecular Hbond substituents is 3. The van der Waals surface area contributed by atoms with E-state index in [4.69, 9.17) is 14.3 Å². The molecule has 3 aromatic rings. The van der Waals surface area contributed by atoms with Gasteiger partial charge in [0.05, 0.1) is 6.61 Å². The number of rotatable bonds is 7. The second kappa shape index (κ2) is 9.54. The number of ether oxygens (including phenoxy) is 1. The van der Waals surface area contributed by atoms with E-state index in [0.717, 1.165) is 30.3 Å². The average Bonchev–Trinajstić information content (AvgIpc) is 2.80. The standard InChI is InChI=1S/C21H20O13/c22-6-11(26)15(27)17(29)19(31)21(32)34-12-2-1-7(3-9(12)24)20-18(30)16(28)14-10(25)4-8(23)5-13(14)33-20/h1-5,11,15,17,19,22-27,29-31H,6H2/t11-,15-,17+,19-/m1/s1. The number of esters is 1. The molecule has 2 aromatic carbocycles. The van der Waals surface area contributed by atoms with E-state index in [1.54, 1.807) is 0 Å². The number of hydrogen-bond donors (Lipinski definition) is 9. The lowest BCUT2D eigenvalue weighted by atomic mass is 10.0. The molecule has 1 heterocycles. The molecule has 4 atom stereocenters. The van der Waals surface area contributed by atoms with Gasteiger partial charge in [0.1, 0.15) is 40.8 Å². The van der Waals surface area contributed by atoms with Crippen molar-refractivity contribution in [2.75, 3.05) is 6.61 Å². The topological polar surface area (TPSA) is 239 Å². The quantitative estimate of drug-likeness (QED) is 0.140. The van der Waals surface area contributed by atoms with Crippen molar-refractivity contribution in [3.05, 3.63) is 40.6 Å². The highest BCUT2D eigenvalue weighted by Gasteiger charge is 2.35. The number of fused-ring (bicyclic) bond motifs is 1. The second-order valence-corrected chi connectivity index (χ2v) is 7.23. The van der Waals surface area contributed by atoms with Crippen LogP contribution in [-0.4, -0.2) is 83.0 Å². The first-order valence-corrected chi connectivity index (χ1v) is 9.56. The van der Waals surface area contributed by atoms with Crippen molar-refractivity contribution in [1.82, 2.24) is 0 Å². The predicted molar refractivity (Wildman–Crippen MR) is 111 cm³/mol. The van der Waals surface area contributed by atoms with E-state index in [0.29, 0.717) is 0 Å². The number of phenols is 3. The fraction of sp³-hybridized carbons (Fsp3) is 0.238. The van der Waals surface area contributed by atoms with Crippen molar-refractivity contribution in [3.63, 3.8) is 0 Å². The minimum absolute atomic E-state index is 0.0845. The Balaban J connectivity index is 1.90. The van der Waals surface area contributed by atoms with E-state index >= 15 is 0 Å². The van der Waals surface area contributed by atoms with Crippen molar-refractivity contribution >= 4 is 16.9 Å². The zero-order chi connectivity index (χ0) is 25.3. The third-order valence-electron chi connectivity index (χ3n) is 4.86. The summed E-state index contributed by atoms with van der Waals surface area (Å²) in [6.45, 7) is -0.959. The fourth-order valence-electron chi connectivity index (χ4n) is 3.05. The number of carbonyl (C=O) groups excluding carboxylic acids is 1. The zero-order valence-corrected chi connectivity index (χ0v) is 17.1. The Morgan fingerprint density at radius 3 is 2.24 bits per heavy atom. The van der Waals surface area contributed by atoms with Crippen LogP contribution in [0.1, 0.15) is 0 Å². The number of carbonyl (C=O) groups is 1. The molecule has 0 bridgehead atoms. The number of aliphatic hydroxyl groups is 5. The van der Waals surface area contributed by atoms with Crippen LogP contribution in [0.5, 0.6) is 28.7 Å². The van der Waals surface area contributed by atoms with Gasteiger partial charge in [-0.25, -0.2) is 4.79 Å². The second-order valence-electron chi connectivity index (χ2n) is 7.23. The van der Waals surface area contributed by atoms with E-state index < -0.39 is 82.3 Å². The van der Waals surface area contributed by atoms with Crippen LogP contribution < -0.4 is 10.2 Å². The van der Waals surface area contributed by atoms with Gasteiger partial charge < -0.3 is 55.1 Å². The smallest absolute Gasteiger partial charge is 0.343 e. The molecular formula is C21H20O13. The summed E-state index contributed by atoms with van der Waals surface area (Å²) in [5.41, 5.74) is -1.38. The summed E-state index contributed by atoms with van der Waals surface area (Å²) < 4.78 is 10.2. The first-order chi connectivity index (χ1) is 16.0. The third kappa shape index (κ3) is 4.59. The number of hydrogen-bond acceptors (Lipinski definition) is 13. The summed E-state index contributed by atoms with van der Waals surface area (Å²) in [5.74, 6) is -5.22. The summed E-state index contributed by atoms with van der Waals surface area (Å²) in [6, 6.07) is 4.95. The van der Waals surface area contributed by atoms with Crippen LogP contribution in [0.3, 0.4) is 0 Å². The summed E-state index contributed by atoms with van der Waals surface area (Å²) in [4.78, 5) is 24.5. The maximum absolute atomic E-state index is 12.4. The summed E-state index contributed by atoms with van der Waals surface area (Å²) in [7, 11) is 0. The largest absolute Gasteiger partial charge is 0.508 e. The molecule has 0 spiro atoms. The van der Waals surface area contributed by atoms with Gasteiger partial charge in [-0.3, -0.25) is 4.79 Å². The van der Waals surface area contributed by atoms with Crippen molar-refractivity contribution in [1.29, 1.82) is 0 Å². The average molecular weight is 480 g/mol. The highest BCUT2D eigenvalue weighted by atomic mass is 16.6. The molecule has 0 aliphatic rings. The third-order valence-corrected chi connectivity index (χ3v) is 4.86. The van der Waals surface area contributed by atoms with Crippen molar-refractivity contribution in [2.24, 2.45) is 0 Å². The zero-order valence-electron chi connectivity index (χ0n) is 17.1. The van der Waals surface area contributed by atoms with Crippen LogP contribution in [0.25, 0.3) is 22.3 Å². The van der Waals surface area contributed by atoms with Crippen LogP contribution in [0, 0.1) is 0 Å². The lowest BCUT2D eigenvalue weighted by Gasteiger charge is -2.24. The van der Waals surface area contributed by atoms with Crippen LogP contribution in [-0.2, 0) is 4.79 Å². The Hall–Kier alpha value is -3.88. The van der Waals surface area contributed by atoms with Crippen LogP contribution >= 0.6 is 0 Å². The molecule has 1 aromatic heterocycles. The summed E-state index contributed by atoms with van der Waals surface area (Å²) >= 11 is 0. The van der Waals surface area contributed by atoms with Crippen LogP contribution in [0.2, 0.25) is 0 Å². The normalized spacial score (nSPS) is 15.0. The van der Waals surface area contributed by atoms with Gasteiger partial charge in [0, 0.05) is 17.7 Å². The minimum atomic E-state index is -2.36. The predicted octanol–water partition coefficient (Wildman–Crippen LogP) is -1.38. The SMILES string of the molecule is O=C(Oc1ccc(-c2oc3cc(O)cc(O)c3c(=O)c2O)cc1O)[C@H](O)[C@@H](O)[C@H](O)[C@H](O)CO. The fourth-order valence-corrected chi connectivity index (χ4v) is 3.05. The van der Waals surface area contributed by atoms with Crippen molar-refractivity contribution in [2.45, 2.75) is 24.4 Å². The Bertz CT molecular complexity index is 1280. The Morgan fingerprint density at radius 2 is 1.62 bits per heavy atom. The van der Waals surface area contributed by atoms with Gasteiger partial charge in [0.2, 0.25) is 11.2 Å². The van der Waals surface area contributed by atoms with Gasteiger partial charge in [-0.1, -0.05) is 0 Å². The molecule has 0 saturated carbocycles. The first kappa shape index (κ1) is 24.8. The maximum Gasteiger partial charge on any atom is 0.343 e. The summed E-state index contributed by atoms with van der Waals surface area (Å²) in [5, 5.41) is 86.7. The number of aliphatic hydroxyl groups excluding tert-OH is 5. The highest BCUT2D eigenvalue weighted by Crippen LogP contribution is 2.38. The van der Waals surface area contributed by atoms with E-state index in [1.807, 2.05) is 0 Å². The lowest BCUT2D eigenvalue weighted by Crippen LogP contribution is -2.49. The van der Waals surface area contributed by atoms with Gasteiger partial charge in [-0.05, 0) is 18.2 Å². The number of benzene rings is 2. The molecule has 0 radical (unpaired) electrons. The minimum Gasteiger partial charge on any atom is -0.508 e. The Kier molecular flexibility index (Phi) is 6.95. The number of aromatic hydroxyl groups is 4. The molecule has 0 unspecified atom stereocenters. The van der Waals surface area contributed by atoms with Gasteiger partial charge >= 0.3 is 5.97 Å². The molecule has 0 fully saturated rings. The van der Waals surface area contributed by atoms with Crippen LogP contribution in [0.4, 0.5) is 0 Å². The molecule has 9 N–H and O–H groups in total. The summed E-state index contributed by atoms with van der Waals surface area (Å²) in [6.07, 6.45) is -8.52. The van der Waals surface area contributed by atoms with Gasteiger partial charge in [-0.15, -0.1) is 0 Å². The molecular weight excluding hydrogens is 460 g/mol. The Labute approximate surface area is 189 Å². The van der Waals surface area contributed by atoms with Crippen molar-refractivity contribution < 1.29 is 59.9 Å². The van der Waals surface area contributed by atoms with Crippen molar-refractivity contribution in [3.8, 4) is 40.1 Å². The molecule has 0 aliphatic carbocycles. The molecule has 13 nitrogen and oxygen atoms in total. The molecule has 0 saturated heterocycles. The van der Waals surface area contributed by atoms with Gasteiger partial charge in [0.15, 0.2) is 23.4 Å². The van der Waals surface area contributed by atoms with E-state index in [-0.39, 0.29) is 11.1 Å². The van der Waals surface area contributed by atoms with E-state index in [1.165, 1.54) is 0 Å². The lowest BCUT2D eigenvalue weighted by molar-refractivity contribution is -0.161. The molecule has 3 rings (SSSR count). The monoisotopic (exact) mass is 480 g/mol. The molecule has 0 amide bonds. The maximum atomic E-state index is 12.4. The Morgan fingerprint density at radius 1 is 0.941 bits per heavy atom. The highest BCUT2D eigenvalue weighted by molar-refractivity contribution is 5.88. The van der Waals surface area contributed by atoms with Crippen LogP contribution in [0.15, 0.2) is 39.5 Å². The van der Waals surface area contributed by atoms with E-state index in [9.17, 15) is 50.4 Å². The van der Waals surface area contributed by atoms with Gasteiger partial charge in [0.25, 0.3) is 0 Å². The molecule has 182 valence electrons. The molecule has 34 heavy (non-hydrogen) atoms. The van der Waals surface area contributed by atoms with E-state index in [2.05, 4.69) is 0 Å².